The minimum Gasteiger partial charge on any atom is -0.393 e. The van der Waals surface area contributed by atoms with E-state index in [-0.39, 0.29) is 6.10 Å². The van der Waals surface area contributed by atoms with E-state index in [0.29, 0.717) is 18.1 Å². The lowest BCUT2D eigenvalue weighted by molar-refractivity contribution is 0.120. The SMILES string of the molecule is CCNC(=NCCCN(C(C)C)C(C)C)NC1CCC(O)CC1. The quantitative estimate of drug-likeness (QED) is 0.364. The molecule has 23 heavy (non-hydrogen) atoms. The summed E-state index contributed by atoms with van der Waals surface area (Å²) in [4.78, 5) is 7.23. The van der Waals surface area contributed by atoms with Crippen LogP contribution >= 0.6 is 0 Å². The van der Waals surface area contributed by atoms with Gasteiger partial charge < -0.3 is 15.7 Å². The predicted octanol–water partition coefficient (Wildman–Crippen LogP) is 2.35. The summed E-state index contributed by atoms with van der Waals surface area (Å²) in [5.41, 5.74) is 0. The van der Waals surface area contributed by atoms with Crippen LogP contribution in [-0.4, -0.2) is 59.8 Å². The molecule has 0 radical (unpaired) electrons. The highest BCUT2D eigenvalue weighted by molar-refractivity contribution is 5.80. The van der Waals surface area contributed by atoms with Crippen LogP contribution in [0.5, 0.6) is 0 Å². The van der Waals surface area contributed by atoms with Crippen LogP contribution in [0.25, 0.3) is 0 Å². The Labute approximate surface area is 142 Å². The molecular formula is C18H38N4O. The number of guanidine groups is 1. The van der Waals surface area contributed by atoms with Crippen LogP contribution in [0.3, 0.4) is 0 Å². The summed E-state index contributed by atoms with van der Waals surface area (Å²) in [5.74, 6) is 0.925. The molecule has 1 fully saturated rings. The highest BCUT2D eigenvalue weighted by Crippen LogP contribution is 2.18. The fraction of sp³-hybridized carbons (Fsp3) is 0.944. The van der Waals surface area contributed by atoms with Gasteiger partial charge in [0, 0.05) is 37.8 Å². The van der Waals surface area contributed by atoms with Gasteiger partial charge in [0.1, 0.15) is 0 Å². The minimum atomic E-state index is -0.106. The van der Waals surface area contributed by atoms with Gasteiger partial charge in [-0.15, -0.1) is 0 Å². The second-order valence-electron chi connectivity index (χ2n) is 7.19. The molecule has 0 bridgehead atoms. The van der Waals surface area contributed by atoms with Gasteiger partial charge in [-0.25, -0.2) is 0 Å². The number of aliphatic hydroxyl groups is 1. The zero-order valence-electron chi connectivity index (χ0n) is 15.8. The Morgan fingerprint density at radius 3 is 2.26 bits per heavy atom. The first-order valence-electron chi connectivity index (χ1n) is 9.42. The van der Waals surface area contributed by atoms with Gasteiger partial charge in [-0.05, 0) is 66.7 Å². The largest absolute Gasteiger partial charge is 0.393 e. The summed E-state index contributed by atoms with van der Waals surface area (Å²) in [6.45, 7) is 13.9. The molecule has 1 saturated carbocycles. The van der Waals surface area contributed by atoms with Crippen molar-refractivity contribution in [1.29, 1.82) is 0 Å². The molecule has 0 amide bonds. The Kier molecular flexibility index (Phi) is 9.56. The van der Waals surface area contributed by atoms with Gasteiger partial charge in [-0.1, -0.05) is 0 Å². The molecular weight excluding hydrogens is 288 g/mol. The van der Waals surface area contributed by atoms with Gasteiger partial charge in [-0.2, -0.15) is 0 Å². The molecule has 5 nitrogen and oxygen atoms in total. The molecule has 0 aliphatic heterocycles. The first-order chi connectivity index (χ1) is 10.9. The molecule has 0 aromatic rings. The molecule has 0 saturated heterocycles. The van der Waals surface area contributed by atoms with E-state index in [1.54, 1.807) is 0 Å². The molecule has 0 aromatic heterocycles. The zero-order valence-corrected chi connectivity index (χ0v) is 15.8. The van der Waals surface area contributed by atoms with Crippen molar-refractivity contribution in [2.24, 2.45) is 4.99 Å². The molecule has 0 spiro atoms. The topological polar surface area (TPSA) is 59.9 Å². The molecule has 0 atom stereocenters. The highest BCUT2D eigenvalue weighted by Gasteiger charge is 2.20. The Morgan fingerprint density at radius 2 is 1.74 bits per heavy atom. The molecule has 0 unspecified atom stereocenters. The molecule has 1 aliphatic carbocycles. The number of rotatable bonds is 8. The van der Waals surface area contributed by atoms with E-state index >= 15 is 0 Å². The molecule has 3 N–H and O–H groups in total. The average Bonchev–Trinajstić information content (AvgIpc) is 2.48. The molecule has 0 aromatic carbocycles. The zero-order chi connectivity index (χ0) is 17.2. The van der Waals surface area contributed by atoms with Crippen LogP contribution in [-0.2, 0) is 0 Å². The molecule has 1 rings (SSSR count). The van der Waals surface area contributed by atoms with Gasteiger partial charge in [0.25, 0.3) is 0 Å². The van der Waals surface area contributed by atoms with Crippen LogP contribution in [0.2, 0.25) is 0 Å². The van der Waals surface area contributed by atoms with E-state index in [9.17, 15) is 5.11 Å². The van der Waals surface area contributed by atoms with Gasteiger partial charge in [-0.3, -0.25) is 9.89 Å². The maximum Gasteiger partial charge on any atom is 0.191 e. The summed E-state index contributed by atoms with van der Waals surface area (Å²) in [6, 6.07) is 1.61. The van der Waals surface area contributed by atoms with Crippen LogP contribution in [0.4, 0.5) is 0 Å². The third kappa shape index (κ3) is 8.02. The Bertz CT molecular complexity index is 328. The van der Waals surface area contributed by atoms with Crippen molar-refractivity contribution in [2.45, 2.75) is 91.0 Å². The van der Waals surface area contributed by atoms with Crippen molar-refractivity contribution in [3.8, 4) is 0 Å². The van der Waals surface area contributed by atoms with E-state index in [1.807, 2.05) is 0 Å². The first-order valence-corrected chi connectivity index (χ1v) is 9.42. The Hall–Kier alpha value is -0.810. The summed E-state index contributed by atoms with van der Waals surface area (Å²) < 4.78 is 0. The normalized spacial score (nSPS) is 22.9. The first kappa shape index (κ1) is 20.2. The fourth-order valence-corrected chi connectivity index (χ4v) is 3.29. The Balaban J connectivity index is 2.39. The van der Waals surface area contributed by atoms with Crippen molar-refractivity contribution in [3.63, 3.8) is 0 Å². The van der Waals surface area contributed by atoms with E-state index < -0.39 is 0 Å². The summed E-state index contributed by atoms with van der Waals surface area (Å²) >= 11 is 0. The van der Waals surface area contributed by atoms with Crippen molar-refractivity contribution >= 4 is 5.96 Å². The van der Waals surface area contributed by atoms with E-state index in [4.69, 9.17) is 4.99 Å². The van der Waals surface area contributed by atoms with E-state index in [2.05, 4.69) is 50.2 Å². The number of hydrogen-bond acceptors (Lipinski definition) is 3. The summed E-state index contributed by atoms with van der Waals surface area (Å²) in [7, 11) is 0. The number of aliphatic imine (C=N–C) groups is 1. The monoisotopic (exact) mass is 326 g/mol. The number of nitrogens with one attached hydrogen (secondary N) is 2. The molecule has 0 heterocycles. The fourth-order valence-electron chi connectivity index (χ4n) is 3.29. The highest BCUT2D eigenvalue weighted by atomic mass is 16.3. The van der Waals surface area contributed by atoms with Gasteiger partial charge in [0.15, 0.2) is 5.96 Å². The van der Waals surface area contributed by atoms with Crippen molar-refractivity contribution in [3.05, 3.63) is 0 Å². The van der Waals surface area contributed by atoms with Crippen LogP contribution in [0.1, 0.15) is 66.7 Å². The average molecular weight is 327 g/mol. The van der Waals surface area contributed by atoms with Gasteiger partial charge in [0.05, 0.1) is 6.10 Å². The maximum absolute atomic E-state index is 9.60. The smallest absolute Gasteiger partial charge is 0.191 e. The number of hydrogen-bond donors (Lipinski definition) is 3. The third-order valence-corrected chi connectivity index (χ3v) is 4.55. The summed E-state index contributed by atoms with van der Waals surface area (Å²) in [6.07, 6.45) is 4.82. The van der Waals surface area contributed by atoms with E-state index in [0.717, 1.165) is 57.7 Å². The second kappa shape index (κ2) is 10.9. The predicted molar refractivity (Wildman–Crippen MR) is 99.0 cm³/mol. The number of nitrogens with zero attached hydrogens (tertiary/aromatic N) is 2. The maximum atomic E-state index is 9.60. The summed E-state index contributed by atoms with van der Waals surface area (Å²) in [5, 5.41) is 16.5. The third-order valence-electron chi connectivity index (χ3n) is 4.55. The Morgan fingerprint density at radius 1 is 1.13 bits per heavy atom. The van der Waals surface area contributed by atoms with Crippen LogP contribution in [0, 0.1) is 0 Å². The lowest BCUT2D eigenvalue weighted by Crippen LogP contribution is -2.45. The van der Waals surface area contributed by atoms with Crippen molar-refractivity contribution in [1.82, 2.24) is 15.5 Å². The lowest BCUT2D eigenvalue weighted by Gasteiger charge is -2.30. The standard InChI is InChI=1S/C18H38N4O/c1-6-19-18(21-16-8-10-17(23)11-9-16)20-12-7-13-22(14(2)3)15(4)5/h14-17,23H,6-13H2,1-5H3,(H2,19,20,21). The van der Waals surface area contributed by atoms with Crippen molar-refractivity contribution in [2.75, 3.05) is 19.6 Å². The number of aliphatic hydroxyl groups excluding tert-OH is 1. The molecule has 1 aliphatic rings. The van der Waals surface area contributed by atoms with Gasteiger partial charge in [0.2, 0.25) is 0 Å². The molecule has 136 valence electrons. The van der Waals surface area contributed by atoms with E-state index in [1.165, 1.54) is 0 Å². The van der Waals surface area contributed by atoms with Crippen molar-refractivity contribution < 1.29 is 5.11 Å². The van der Waals surface area contributed by atoms with Gasteiger partial charge >= 0.3 is 0 Å². The molecule has 5 heteroatoms. The minimum absolute atomic E-state index is 0.106. The second-order valence-corrected chi connectivity index (χ2v) is 7.19. The lowest BCUT2D eigenvalue weighted by atomic mass is 9.93. The van der Waals surface area contributed by atoms with Crippen LogP contribution in [0.15, 0.2) is 4.99 Å². The van der Waals surface area contributed by atoms with Crippen LogP contribution < -0.4 is 10.6 Å².